The summed E-state index contributed by atoms with van der Waals surface area (Å²) in [5.74, 6) is -1.37. The summed E-state index contributed by atoms with van der Waals surface area (Å²) in [6.45, 7) is 0. The highest BCUT2D eigenvalue weighted by Gasteiger charge is 2.43. The van der Waals surface area contributed by atoms with Crippen LogP contribution in [0.25, 0.3) is 10.9 Å². The van der Waals surface area contributed by atoms with Crippen LogP contribution in [-0.4, -0.2) is 28.3 Å². The van der Waals surface area contributed by atoms with Gasteiger partial charge in [-0.25, -0.2) is 4.39 Å². The third-order valence-electron chi connectivity index (χ3n) is 6.22. The number of rotatable bonds is 3. The minimum absolute atomic E-state index is 0.121. The molecule has 32 heavy (non-hydrogen) atoms. The van der Waals surface area contributed by atoms with Gasteiger partial charge in [-0.05, 0) is 42.0 Å². The third-order valence-corrected chi connectivity index (χ3v) is 6.22. The topological polar surface area (TPSA) is 54.3 Å². The molecule has 3 aromatic carbocycles. The van der Waals surface area contributed by atoms with Crippen molar-refractivity contribution in [2.45, 2.75) is 12.0 Å². The summed E-state index contributed by atoms with van der Waals surface area (Å²) in [4.78, 5) is 28.5. The van der Waals surface area contributed by atoms with Gasteiger partial charge in [0.1, 0.15) is 5.82 Å². The molecule has 0 aliphatic carbocycles. The zero-order chi connectivity index (χ0) is 22.4. The Morgan fingerprint density at radius 1 is 0.906 bits per heavy atom. The van der Waals surface area contributed by atoms with Gasteiger partial charge in [0.05, 0.1) is 12.0 Å². The number of fused-ring (bicyclic) bond motifs is 2. The van der Waals surface area contributed by atoms with Crippen molar-refractivity contribution in [1.82, 2.24) is 9.47 Å². The Balaban J connectivity index is 1.67. The molecule has 2 atom stereocenters. The number of hydrogen-bond acceptors (Lipinski definition) is 2. The number of benzene rings is 3. The van der Waals surface area contributed by atoms with Crippen LogP contribution in [0, 0.1) is 5.82 Å². The van der Waals surface area contributed by atoms with Crippen molar-refractivity contribution in [2.75, 3.05) is 12.4 Å². The summed E-state index contributed by atoms with van der Waals surface area (Å²) in [6, 6.07) is 20.4. The standard InChI is InChI=1S/C26H22FN3O2/c1-29-15-21(18-7-5-6-10-22(18)29)24-23(25(31)28-17-13-11-16(27)12-14-17)19-8-3-4-9-20(19)26(32)30(24)2/h3-15,23-24H,1-2H3,(H,28,31)/t23-,24+/m1/s1. The molecule has 6 heteroatoms. The highest BCUT2D eigenvalue weighted by atomic mass is 19.1. The van der Waals surface area contributed by atoms with Crippen molar-refractivity contribution in [3.05, 3.63) is 102 Å². The van der Waals surface area contributed by atoms with E-state index in [-0.39, 0.29) is 17.6 Å². The minimum atomic E-state index is -0.634. The molecular formula is C26H22FN3O2. The zero-order valence-electron chi connectivity index (χ0n) is 17.7. The van der Waals surface area contributed by atoms with E-state index in [9.17, 15) is 14.0 Å². The summed E-state index contributed by atoms with van der Waals surface area (Å²) in [5, 5.41) is 3.92. The van der Waals surface area contributed by atoms with Gasteiger partial charge in [-0.15, -0.1) is 0 Å². The predicted molar refractivity (Wildman–Crippen MR) is 122 cm³/mol. The number of aromatic nitrogens is 1. The van der Waals surface area contributed by atoms with Gasteiger partial charge in [0.15, 0.2) is 0 Å². The SMILES string of the molecule is CN1C(=O)c2ccccc2[C@@H](C(=O)Nc2ccc(F)cc2)[C@@H]1c1cn(C)c2ccccc12. The first-order valence-electron chi connectivity index (χ1n) is 10.4. The average molecular weight is 427 g/mol. The van der Waals surface area contributed by atoms with Crippen LogP contribution in [0.3, 0.4) is 0 Å². The maximum absolute atomic E-state index is 13.6. The molecule has 5 nitrogen and oxygen atoms in total. The zero-order valence-corrected chi connectivity index (χ0v) is 17.7. The molecule has 4 aromatic rings. The number of carbonyl (C=O) groups is 2. The Bertz CT molecular complexity index is 1340. The molecule has 0 spiro atoms. The molecule has 0 radical (unpaired) electrons. The monoisotopic (exact) mass is 427 g/mol. The first kappa shape index (κ1) is 20.0. The van der Waals surface area contributed by atoms with E-state index >= 15 is 0 Å². The van der Waals surface area contributed by atoms with Gasteiger partial charge in [-0.3, -0.25) is 9.59 Å². The van der Waals surface area contributed by atoms with Gasteiger partial charge in [-0.2, -0.15) is 0 Å². The largest absolute Gasteiger partial charge is 0.350 e. The van der Waals surface area contributed by atoms with E-state index in [0.29, 0.717) is 16.8 Å². The van der Waals surface area contributed by atoms with Crippen LogP contribution in [0.2, 0.25) is 0 Å². The number of hydrogen-bond donors (Lipinski definition) is 1. The number of halogens is 1. The molecular weight excluding hydrogens is 405 g/mol. The van der Waals surface area contributed by atoms with Crippen molar-refractivity contribution in [1.29, 1.82) is 0 Å². The molecule has 1 aromatic heterocycles. The first-order chi connectivity index (χ1) is 15.5. The molecule has 0 fully saturated rings. The Hall–Kier alpha value is -3.93. The van der Waals surface area contributed by atoms with Gasteiger partial charge in [-0.1, -0.05) is 36.4 Å². The van der Waals surface area contributed by atoms with E-state index in [1.807, 2.05) is 54.2 Å². The summed E-state index contributed by atoms with van der Waals surface area (Å²) in [7, 11) is 3.70. The maximum Gasteiger partial charge on any atom is 0.254 e. The molecule has 1 aliphatic heterocycles. The van der Waals surface area contributed by atoms with E-state index in [4.69, 9.17) is 0 Å². The van der Waals surface area contributed by atoms with Gasteiger partial charge >= 0.3 is 0 Å². The normalized spacial score (nSPS) is 18.0. The lowest BCUT2D eigenvalue weighted by Gasteiger charge is -2.39. The Kier molecular flexibility index (Phi) is 4.78. The summed E-state index contributed by atoms with van der Waals surface area (Å²) in [6.07, 6.45) is 1.99. The van der Waals surface area contributed by atoms with Crippen molar-refractivity contribution < 1.29 is 14.0 Å². The molecule has 0 unspecified atom stereocenters. The number of nitrogens with one attached hydrogen (secondary N) is 1. The Morgan fingerprint density at radius 3 is 2.38 bits per heavy atom. The van der Waals surface area contributed by atoms with E-state index in [2.05, 4.69) is 5.32 Å². The highest BCUT2D eigenvalue weighted by Crippen LogP contribution is 2.44. The van der Waals surface area contributed by atoms with Crippen LogP contribution in [0.4, 0.5) is 10.1 Å². The quantitative estimate of drug-likeness (QED) is 0.507. The van der Waals surface area contributed by atoms with E-state index in [1.165, 1.54) is 24.3 Å². The maximum atomic E-state index is 13.6. The molecule has 0 bridgehead atoms. The molecule has 5 rings (SSSR count). The lowest BCUT2D eigenvalue weighted by Crippen LogP contribution is -2.44. The second-order valence-corrected chi connectivity index (χ2v) is 8.13. The van der Waals surface area contributed by atoms with Crippen molar-refractivity contribution in [3.8, 4) is 0 Å². The number of amides is 2. The fraction of sp³-hybridized carbons (Fsp3) is 0.154. The molecule has 2 heterocycles. The van der Waals surface area contributed by atoms with Crippen LogP contribution < -0.4 is 5.32 Å². The number of likely N-dealkylation sites (N-methyl/N-ethyl adjacent to an activating group) is 1. The molecule has 0 saturated heterocycles. The van der Waals surface area contributed by atoms with Crippen LogP contribution in [0.1, 0.15) is 33.4 Å². The van der Waals surface area contributed by atoms with Gasteiger partial charge in [0.25, 0.3) is 5.91 Å². The van der Waals surface area contributed by atoms with Crippen molar-refractivity contribution in [3.63, 3.8) is 0 Å². The van der Waals surface area contributed by atoms with Crippen molar-refractivity contribution >= 4 is 28.4 Å². The third kappa shape index (κ3) is 3.15. The lowest BCUT2D eigenvalue weighted by atomic mass is 9.79. The van der Waals surface area contributed by atoms with Gasteiger partial charge in [0, 0.05) is 48.0 Å². The lowest BCUT2D eigenvalue weighted by molar-refractivity contribution is -0.119. The van der Waals surface area contributed by atoms with E-state index in [1.54, 1.807) is 24.1 Å². The molecule has 1 N–H and O–H groups in total. The molecule has 0 saturated carbocycles. The fourth-order valence-electron chi connectivity index (χ4n) is 4.71. The van der Waals surface area contributed by atoms with E-state index < -0.39 is 12.0 Å². The molecule has 2 amide bonds. The predicted octanol–water partition coefficient (Wildman–Crippen LogP) is 4.87. The van der Waals surface area contributed by atoms with Crippen molar-refractivity contribution in [2.24, 2.45) is 7.05 Å². The smallest absolute Gasteiger partial charge is 0.254 e. The summed E-state index contributed by atoms with van der Waals surface area (Å²) < 4.78 is 15.4. The average Bonchev–Trinajstić information content (AvgIpc) is 3.14. The van der Waals surface area contributed by atoms with Crippen LogP contribution in [-0.2, 0) is 11.8 Å². The fourth-order valence-corrected chi connectivity index (χ4v) is 4.71. The number of anilines is 1. The number of nitrogens with zero attached hydrogens (tertiary/aromatic N) is 2. The Morgan fingerprint density at radius 2 is 1.59 bits per heavy atom. The number of aryl methyl sites for hydroxylation is 1. The summed E-state index contributed by atoms with van der Waals surface area (Å²) >= 11 is 0. The Labute approximate surface area is 185 Å². The van der Waals surface area contributed by atoms with E-state index in [0.717, 1.165) is 16.5 Å². The van der Waals surface area contributed by atoms with Gasteiger partial charge < -0.3 is 14.8 Å². The second-order valence-electron chi connectivity index (χ2n) is 8.13. The van der Waals surface area contributed by atoms with Crippen LogP contribution >= 0.6 is 0 Å². The molecule has 160 valence electrons. The minimum Gasteiger partial charge on any atom is -0.350 e. The second kappa shape index (κ2) is 7.64. The number of carbonyl (C=O) groups excluding carboxylic acids is 2. The van der Waals surface area contributed by atoms with Crippen LogP contribution in [0.5, 0.6) is 0 Å². The molecule has 1 aliphatic rings. The summed E-state index contributed by atoms with van der Waals surface area (Å²) in [5.41, 5.74) is 3.65. The van der Waals surface area contributed by atoms with Crippen LogP contribution in [0.15, 0.2) is 79.0 Å². The first-order valence-corrected chi connectivity index (χ1v) is 10.4. The highest BCUT2D eigenvalue weighted by molar-refractivity contribution is 6.05. The van der Waals surface area contributed by atoms with Gasteiger partial charge in [0.2, 0.25) is 5.91 Å². The number of para-hydroxylation sites is 1.